The summed E-state index contributed by atoms with van der Waals surface area (Å²) in [6.45, 7) is 3.45. The molecule has 2 unspecified atom stereocenters. The van der Waals surface area contributed by atoms with Gasteiger partial charge < -0.3 is 9.47 Å². The van der Waals surface area contributed by atoms with Crippen molar-refractivity contribution in [2.24, 2.45) is 5.92 Å². The van der Waals surface area contributed by atoms with E-state index in [9.17, 15) is 17.6 Å². The third kappa shape index (κ3) is 4.79. The number of aryl methyl sites for hydroxylation is 1. The molecule has 2 aromatic carbocycles. The smallest absolute Gasteiger partial charge is 0.275 e. The van der Waals surface area contributed by atoms with Crippen molar-refractivity contribution in [3.8, 4) is 0 Å². The van der Waals surface area contributed by atoms with E-state index in [-0.39, 0.29) is 22.1 Å². The molecule has 0 aliphatic carbocycles. The highest BCUT2D eigenvalue weighted by atomic mass is 32.2. The van der Waals surface area contributed by atoms with E-state index in [1.54, 1.807) is 10.6 Å². The summed E-state index contributed by atoms with van der Waals surface area (Å²) in [5.74, 6) is -0.0345. The zero-order valence-corrected chi connectivity index (χ0v) is 19.7. The van der Waals surface area contributed by atoms with Gasteiger partial charge in [-0.25, -0.2) is 12.8 Å². The maximum Gasteiger partial charge on any atom is 0.275 e. The minimum absolute atomic E-state index is 0.00676. The number of nitrogens with zero attached hydrogens (tertiary/aromatic N) is 2. The number of hydrogen-bond donors (Lipinski definition) is 1. The molecule has 5 rings (SSSR count). The van der Waals surface area contributed by atoms with Crippen LogP contribution in [-0.2, 0) is 23.0 Å². The molecule has 2 aliphatic heterocycles. The van der Waals surface area contributed by atoms with Crippen LogP contribution in [0.2, 0.25) is 0 Å². The van der Waals surface area contributed by atoms with E-state index in [0.717, 1.165) is 50.7 Å². The molecule has 34 heavy (non-hydrogen) atoms. The minimum Gasteiger partial charge on any atom is -0.310 e. The molecule has 0 amide bonds. The first kappa shape index (κ1) is 22.8. The number of benzene rings is 2. The fourth-order valence-electron chi connectivity index (χ4n) is 5.29. The quantitative estimate of drug-likeness (QED) is 0.557. The van der Waals surface area contributed by atoms with Crippen LogP contribution in [-0.4, -0.2) is 37.5 Å². The van der Waals surface area contributed by atoms with Crippen LogP contribution in [0.3, 0.4) is 0 Å². The second-order valence-electron chi connectivity index (χ2n) is 9.30. The summed E-state index contributed by atoms with van der Waals surface area (Å²) in [7, 11) is -4.06. The van der Waals surface area contributed by atoms with Gasteiger partial charge in [0.15, 0.2) is 0 Å². The van der Waals surface area contributed by atoms with Crippen molar-refractivity contribution in [2.45, 2.75) is 36.6 Å². The number of rotatable bonds is 7. The monoisotopic (exact) mass is 481 g/mol. The third-order valence-electron chi connectivity index (χ3n) is 6.81. The molecule has 2 aliphatic rings. The van der Waals surface area contributed by atoms with Gasteiger partial charge in [0.1, 0.15) is 11.5 Å². The highest BCUT2D eigenvalue weighted by Gasteiger charge is 2.35. The van der Waals surface area contributed by atoms with Gasteiger partial charge in [-0.05, 0) is 67.6 Å². The van der Waals surface area contributed by atoms with Crippen LogP contribution >= 0.6 is 0 Å². The lowest BCUT2D eigenvalue weighted by atomic mass is 9.83. The lowest BCUT2D eigenvalue weighted by molar-refractivity contribution is 0.119. The van der Waals surface area contributed by atoms with Crippen LogP contribution in [0.25, 0.3) is 0 Å². The predicted octanol–water partition coefficient (Wildman–Crippen LogP) is 3.84. The largest absolute Gasteiger partial charge is 0.310 e. The predicted molar refractivity (Wildman–Crippen MR) is 130 cm³/mol. The standard InChI is InChI=1S/C26H28FN3O3S/c27-22-9-4-10-23(15-22)34(32,33)28-24-11-12-25-21-14-20(17-30(25)26(24)31)16-29(18-21)13-5-8-19-6-2-1-3-7-19/h1-4,6-7,9-12,15,20-21,28H,5,8,13-14,16-18H2. The Morgan fingerprint density at radius 2 is 1.79 bits per heavy atom. The Hall–Kier alpha value is -2.97. The van der Waals surface area contributed by atoms with Crippen LogP contribution in [0.5, 0.6) is 0 Å². The van der Waals surface area contributed by atoms with Gasteiger partial charge in [0.05, 0.1) is 4.90 Å². The molecule has 6 nitrogen and oxygen atoms in total. The number of aromatic nitrogens is 1. The van der Waals surface area contributed by atoms with Gasteiger partial charge in [0, 0.05) is 31.2 Å². The van der Waals surface area contributed by atoms with Crippen molar-refractivity contribution in [1.82, 2.24) is 9.47 Å². The average Bonchev–Trinajstić information content (AvgIpc) is 2.82. The Bertz CT molecular complexity index is 1340. The van der Waals surface area contributed by atoms with E-state index in [0.29, 0.717) is 12.5 Å². The number of halogens is 1. The number of sulfonamides is 1. The van der Waals surface area contributed by atoms with Gasteiger partial charge in [-0.2, -0.15) is 0 Å². The SMILES string of the molecule is O=c1c(NS(=O)(=O)c2cccc(F)c2)ccc2n1CC1CC2CN(CCCc2ccccc2)C1. The molecule has 178 valence electrons. The zero-order chi connectivity index (χ0) is 23.7. The summed E-state index contributed by atoms with van der Waals surface area (Å²) < 4.78 is 43.0. The molecule has 1 saturated heterocycles. The van der Waals surface area contributed by atoms with Crippen LogP contribution in [0.1, 0.15) is 30.0 Å². The van der Waals surface area contributed by atoms with E-state index >= 15 is 0 Å². The first-order valence-electron chi connectivity index (χ1n) is 11.7. The molecule has 0 radical (unpaired) electrons. The lowest BCUT2D eigenvalue weighted by Gasteiger charge is -2.43. The number of fused-ring (bicyclic) bond motifs is 4. The molecule has 2 atom stereocenters. The summed E-state index contributed by atoms with van der Waals surface area (Å²) >= 11 is 0. The molecule has 1 fully saturated rings. The minimum atomic E-state index is -4.06. The van der Waals surface area contributed by atoms with Crippen molar-refractivity contribution in [1.29, 1.82) is 0 Å². The molecule has 3 heterocycles. The number of likely N-dealkylation sites (tertiary alicyclic amines) is 1. The molecule has 3 aromatic rings. The van der Waals surface area contributed by atoms with Crippen LogP contribution in [0, 0.1) is 11.7 Å². The average molecular weight is 482 g/mol. The van der Waals surface area contributed by atoms with Crippen LogP contribution < -0.4 is 10.3 Å². The molecule has 0 spiro atoms. The first-order chi connectivity index (χ1) is 16.4. The number of nitrogens with one attached hydrogen (secondary N) is 1. The summed E-state index contributed by atoms with van der Waals surface area (Å²) in [6.07, 6.45) is 3.19. The van der Waals surface area contributed by atoms with E-state index in [4.69, 9.17) is 0 Å². The first-order valence-corrected chi connectivity index (χ1v) is 13.2. The number of pyridine rings is 1. The van der Waals surface area contributed by atoms with Gasteiger partial charge >= 0.3 is 0 Å². The number of anilines is 1. The van der Waals surface area contributed by atoms with Gasteiger partial charge in [0.25, 0.3) is 15.6 Å². The molecular formula is C26H28FN3O3S. The Kier molecular flexibility index (Phi) is 6.27. The summed E-state index contributed by atoms with van der Waals surface area (Å²) in [5.41, 5.74) is 1.96. The van der Waals surface area contributed by atoms with Crippen molar-refractivity contribution < 1.29 is 12.8 Å². The second kappa shape index (κ2) is 9.35. The summed E-state index contributed by atoms with van der Waals surface area (Å²) in [5, 5.41) is 0. The maximum absolute atomic E-state index is 13.5. The van der Waals surface area contributed by atoms with E-state index in [1.165, 1.54) is 23.8 Å². The Morgan fingerprint density at radius 1 is 0.971 bits per heavy atom. The van der Waals surface area contributed by atoms with E-state index in [2.05, 4.69) is 33.9 Å². The zero-order valence-electron chi connectivity index (χ0n) is 18.9. The van der Waals surface area contributed by atoms with Gasteiger partial charge in [-0.15, -0.1) is 0 Å². The second-order valence-corrected chi connectivity index (χ2v) is 11.0. The summed E-state index contributed by atoms with van der Waals surface area (Å²) in [6, 6.07) is 18.6. The fourth-order valence-corrected chi connectivity index (χ4v) is 6.38. The molecular weight excluding hydrogens is 453 g/mol. The van der Waals surface area contributed by atoms with Gasteiger partial charge in [-0.3, -0.25) is 9.52 Å². The van der Waals surface area contributed by atoms with E-state index < -0.39 is 15.8 Å². The van der Waals surface area contributed by atoms with Gasteiger partial charge in [-0.1, -0.05) is 36.4 Å². The van der Waals surface area contributed by atoms with Crippen LogP contribution in [0.15, 0.2) is 76.4 Å². The highest BCUT2D eigenvalue weighted by molar-refractivity contribution is 7.92. The van der Waals surface area contributed by atoms with Crippen molar-refractivity contribution >= 4 is 15.7 Å². The van der Waals surface area contributed by atoms with E-state index in [1.807, 2.05) is 12.1 Å². The number of piperidine rings is 1. The molecule has 2 bridgehead atoms. The lowest BCUT2D eigenvalue weighted by Crippen LogP contribution is -2.47. The highest BCUT2D eigenvalue weighted by Crippen LogP contribution is 2.35. The van der Waals surface area contributed by atoms with Gasteiger partial charge in [0.2, 0.25) is 0 Å². The molecule has 1 aromatic heterocycles. The topological polar surface area (TPSA) is 71.4 Å². The molecule has 8 heteroatoms. The molecule has 1 N–H and O–H groups in total. The Balaban J connectivity index is 1.29. The van der Waals surface area contributed by atoms with Crippen molar-refractivity contribution in [2.75, 3.05) is 24.4 Å². The van der Waals surface area contributed by atoms with Crippen molar-refractivity contribution in [3.05, 3.63) is 94.2 Å². The maximum atomic E-state index is 13.5. The van der Waals surface area contributed by atoms with Crippen LogP contribution in [0.4, 0.5) is 10.1 Å². The Labute approximate surface area is 199 Å². The summed E-state index contributed by atoms with van der Waals surface area (Å²) in [4.78, 5) is 15.5. The molecule has 0 saturated carbocycles. The fraction of sp³-hybridized carbons (Fsp3) is 0.346. The van der Waals surface area contributed by atoms with Crippen molar-refractivity contribution in [3.63, 3.8) is 0 Å². The normalized spacial score (nSPS) is 20.0. The third-order valence-corrected chi connectivity index (χ3v) is 8.18. The Morgan fingerprint density at radius 3 is 2.59 bits per heavy atom. The number of hydrogen-bond acceptors (Lipinski definition) is 4.